The summed E-state index contributed by atoms with van der Waals surface area (Å²) in [7, 11) is 0. The molecule has 0 bridgehead atoms. The zero-order valence-electron chi connectivity index (χ0n) is 20.3. The van der Waals surface area contributed by atoms with Gasteiger partial charge in [-0.2, -0.15) is 0 Å². The second kappa shape index (κ2) is 15.2. The lowest BCUT2D eigenvalue weighted by Crippen LogP contribution is -2.02. The van der Waals surface area contributed by atoms with Gasteiger partial charge in [0.15, 0.2) is 0 Å². The molecule has 0 fully saturated rings. The van der Waals surface area contributed by atoms with Crippen molar-refractivity contribution in [3.63, 3.8) is 0 Å². The van der Waals surface area contributed by atoms with Gasteiger partial charge in [0.25, 0.3) is 0 Å². The van der Waals surface area contributed by atoms with Crippen LogP contribution in [0.3, 0.4) is 0 Å². The maximum absolute atomic E-state index is 12.5. The highest BCUT2D eigenvalue weighted by molar-refractivity contribution is 5.60. The summed E-state index contributed by atoms with van der Waals surface area (Å²) < 4.78 is 12.5. The first-order valence-corrected chi connectivity index (χ1v) is 10.7. The summed E-state index contributed by atoms with van der Waals surface area (Å²) in [4.78, 5) is 8.41. The van der Waals surface area contributed by atoms with E-state index >= 15 is 0 Å². The highest BCUT2D eigenvalue weighted by Crippen LogP contribution is 2.12. The van der Waals surface area contributed by atoms with Gasteiger partial charge in [-0.25, -0.2) is 14.4 Å². The molecule has 1 heterocycles. The lowest BCUT2D eigenvalue weighted by molar-refractivity contribution is 0.627. The summed E-state index contributed by atoms with van der Waals surface area (Å²) in [6.07, 6.45) is 0. The third-order valence-electron chi connectivity index (χ3n) is 3.97. The van der Waals surface area contributed by atoms with Crippen LogP contribution in [0.25, 0.3) is 5.57 Å². The minimum atomic E-state index is -0.208. The summed E-state index contributed by atoms with van der Waals surface area (Å²) in [6.45, 7) is 17.3. The van der Waals surface area contributed by atoms with Crippen molar-refractivity contribution in [2.24, 2.45) is 0 Å². The van der Waals surface area contributed by atoms with E-state index in [1.165, 1.54) is 12.1 Å². The Bertz CT molecular complexity index is 1020. The second-order valence-electron chi connectivity index (χ2n) is 6.31. The smallest absolute Gasteiger partial charge is 0.207 e. The fourth-order valence-electron chi connectivity index (χ4n) is 2.16. The molecule has 170 valence electrons. The summed E-state index contributed by atoms with van der Waals surface area (Å²) in [6, 6.07) is 13.7. The fraction of sp³-hybridized carbons (Fsp3) is 0.259. The van der Waals surface area contributed by atoms with Gasteiger partial charge in [-0.05, 0) is 68.7 Å². The van der Waals surface area contributed by atoms with Crippen LogP contribution in [0.4, 0.5) is 15.9 Å². The Hall–Kier alpha value is -3.65. The summed E-state index contributed by atoms with van der Waals surface area (Å²) >= 11 is 0. The number of nitrogens with two attached hydrogens (primary N) is 2. The maximum Gasteiger partial charge on any atom is 0.207 e. The average molecular weight is 435 g/mol. The van der Waals surface area contributed by atoms with E-state index in [0.717, 1.165) is 28.0 Å². The number of aryl methyl sites for hydroxylation is 1. The number of hydrogen-bond acceptors (Lipinski definition) is 4. The maximum atomic E-state index is 12.5. The molecule has 0 saturated carbocycles. The molecular formula is C27H35FN4. The molecule has 32 heavy (non-hydrogen) atoms. The SMILES string of the molecule is C=C(C)c1cccc(F)c1.CC.CC.Cc1nc(C#Cc2ccc(N)cc2)nc(N)c1C. The number of rotatable bonds is 1. The molecule has 0 amide bonds. The monoisotopic (exact) mass is 434 g/mol. The molecule has 2 aromatic carbocycles. The summed E-state index contributed by atoms with van der Waals surface area (Å²) in [5.74, 6) is 6.58. The number of halogens is 1. The van der Waals surface area contributed by atoms with Crippen LogP contribution >= 0.6 is 0 Å². The molecule has 1 aromatic heterocycles. The molecule has 5 heteroatoms. The van der Waals surface area contributed by atoms with Crippen molar-refractivity contribution in [3.8, 4) is 11.8 Å². The Balaban J connectivity index is 0.000000582. The third kappa shape index (κ3) is 9.90. The van der Waals surface area contributed by atoms with Crippen molar-refractivity contribution in [1.82, 2.24) is 9.97 Å². The van der Waals surface area contributed by atoms with Crippen LogP contribution in [-0.4, -0.2) is 9.97 Å². The second-order valence-corrected chi connectivity index (χ2v) is 6.31. The Morgan fingerprint density at radius 2 is 1.50 bits per heavy atom. The van der Waals surface area contributed by atoms with Gasteiger partial charge in [-0.15, -0.1) is 0 Å². The molecule has 3 aromatic rings. The number of benzene rings is 2. The van der Waals surface area contributed by atoms with Gasteiger partial charge >= 0.3 is 0 Å². The van der Waals surface area contributed by atoms with Gasteiger partial charge < -0.3 is 11.5 Å². The van der Waals surface area contributed by atoms with E-state index in [1.807, 2.05) is 66.7 Å². The van der Waals surface area contributed by atoms with Gasteiger partial charge in [-0.1, -0.05) is 57.9 Å². The largest absolute Gasteiger partial charge is 0.399 e. The van der Waals surface area contributed by atoms with E-state index in [4.69, 9.17) is 11.5 Å². The molecule has 3 rings (SSSR count). The van der Waals surface area contributed by atoms with Crippen molar-refractivity contribution in [2.45, 2.75) is 48.5 Å². The molecule has 0 saturated heterocycles. The Morgan fingerprint density at radius 3 is 1.97 bits per heavy atom. The minimum absolute atomic E-state index is 0.208. The predicted molar refractivity (Wildman–Crippen MR) is 137 cm³/mol. The van der Waals surface area contributed by atoms with Gasteiger partial charge in [0.05, 0.1) is 0 Å². The normalized spacial score (nSPS) is 8.75. The lowest BCUT2D eigenvalue weighted by Gasteiger charge is -2.02. The average Bonchev–Trinajstić information content (AvgIpc) is 2.80. The van der Waals surface area contributed by atoms with Crippen molar-refractivity contribution < 1.29 is 4.39 Å². The Kier molecular flexibility index (Phi) is 13.5. The number of hydrogen-bond donors (Lipinski definition) is 2. The van der Waals surface area contributed by atoms with E-state index in [1.54, 1.807) is 18.2 Å². The molecule has 0 atom stereocenters. The van der Waals surface area contributed by atoms with Crippen molar-refractivity contribution in [1.29, 1.82) is 0 Å². The molecule has 4 nitrogen and oxygen atoms in total. The first-order chi connectivity index (χ1) is 15.3. The van der Waals surface area contributed by atoms with Crippen LogP contribution in [0.5, 0.6) is 0 Å². The highest BCUT2D eigenvalue weighted by atomic mass is 19.1. The Morgan fingerprint density at radius 1 is 0.906 bits per heavy atom. The molecule has 0 spiro atoms. The summed E-state index contributed by atoms with van der Waals surface area (Å²) in [5, 5.41) is 0. The number of anilines is 2. The molecule has 0 unspecified atom stereocenters. The summed E-state index contributed by atoms with van der Waals surface area (Å²) in [5.41, 5.74) is 16.5. The van der Waals surface area contributed by atoms with Gasteiger partial charge in [0.2, 0.25) is 5.82 Å². The van der Waals surface area contributed by atoms with E-state index < -0.39 is 0 Å². The zero-order chi connectivity index (χ0) is 24.7. The fourth-order valence-corrected chi connectivity index (χ4v) is 2.16. The molecule has 0 aliphatic rings. The van der Waals surface area contributed by atoms with Crippen LogP contribution < -0.4 is 11.5 Å². The zero-order valence-corrected chi connectivity index (χ0v) is 20.3. The predicted octanol–water partition coefficient (Wildman–Crippen LogP) is 6.57. The first kappa shape index (κ1) is 28.4. The molecule has 0 aliphatic heterocycles. The van der Waals surface area contributed by atoms with E-state index in [2.05, 4.69) is 28.4 Å². The molecular weight excluding hydrogens is 399 g/mol. The minimum Gasteiger partial charge on any atom is -0.399 e. The molecule has 4 N–H and O–H groups in total. The van der Waals surface area contributed by atoms with Crippen molar-refractivity contribution in [3.05, 3.63) is 89.1 Å². The van der Waals surface area contributed by atoms with E-state index in [9.17, 15) is 4.39 Å². The van der Waals surface area contributed by atoms with Crippen molar-refractivity contribution >= 4 is 17.1 Å². The first-order valence-electron chi connectivity index (χ1n) is 10.7. The Labute approximate surface area is 192 Å². The number of allylic oxidation sites excluding steroid dienone is 1. The van der Waals surface area contributed by atoms with E-state index in [-0.39, 0.29) is 5.82 Å². The highest BCUT2D eigenvalue weighted by Gasteiger charge is 2.02. The molecule has 0 radical (unpaired) electrons. The van der Waals surface area contributed by atoms with Crippen LogP contribution in [0.15, 0.2) is 55.1 Å². The van der Waals surface area contributed by atoms with Gasteiger partial charge in [0.1, 0.15) is 11.6 Å². The van der Waals surface area contributed by atoms with Gasteiger partial charge in [0, 0.05) is 22.5 Å². The molecule has 0 aliphatic carbocycles. The van der Waals surface area contributed by atoms with Crippen LogP contribution in [0.2, 0.25) is 0 Å². The van der Waals surface area contributed by atoms with Crippen LogP contribution in [-0.2, 0) is 0 Å². The van der Waals surface area contributed by atoms with Crippen LogP contribution in [0.1, 0.15) is 62.8 Å². The topological polar surface area (TPSA) is 77.8 Å². The van der Waals surface area contributed by atoms with E-state index in [0.29, 0.717) is 17.3 Å². The van der Waals surface area contributed by atoms with Gasteiger partial charge in [-0.3, -0.25) is 0 Å². The standard InChI is InChI=1S/C14H14N4.C9H9F.2C2H6/c1-9-10(2)17-13(18-14(9)16)8-5-11-3-6-12(15)7-4-11;1-7(2)8-4-3-5-9(10)6-8;2*1-2/h3-4,6-7H,15H2,1-2H3,(H2,16,17,18);3-6H,1H2,2H3;2*1-2H3. The number of aromatic nitrogens is 2. The third-order valence-corrected chi connectivity index (χ3v) is 3.97. The number of nitrogens with zero attached hydrogens (tertiary/aromatic N) is 2. The number of nitrogen functional groups attached to an aromatic ring is 2. The van der Waals surface area contributed by atoms with Crippen molar-refractivity contribution in [2.75, 3.05) is 11.5 Å². The van der Waals surface area contributed by atoms with Crippen LogP contribution in [0, 0.1) is 31.5 Å². The lowest BCUT2D eigenvalue weighted by atomic mass is 10.1. The quantitative estimate of drug-likeness (QED) is 0.335.